The molecule has 0 spiro atoms. The average Bonchev–Trinajstić information content (AvgIpc) is 2.69. The molecule has 3 aromatic carbocycles. The van der Waals surface area contributed by atoms with Gasteiger partial charge in [-0.1, -0.05) is 54.6 Å². The van der Waals surface area contributed by atoms with Crippen LogP contribution in [-0.4, -0.2) is 4.98 Å². The van der Waals surface area contributed by atoms with Gasteiger partial charge in [0, 0.05) is 22.8 Å². The molecule has 0 atom stereocenters. The lowest BCUT2D eigenvalue weighted by Gasteiger charge is -2.15. The molecule has 0 radical (unpaired) electrons. The second-order valence-electron chi connectivity index (χ2n) is 6.59. The van der Waals surface area contributed by atoms with Crippen molar-refractivity contribution in [3.8, 4) is 11.1 Å². The summed E-state index contributed by atoms with van der Waals surface area (Å²) < 4.78 is 39.0. The van der Waals surface area contributed by atoms with E-state index in [0.29, 0.717) is 11.5 Å². The van der Waals surface area contributed by atoms with Crippen molar-refractivity contribution in [2.75, 3.05) is 5.32 Å². The minimum atomic E-state index is -4.39. The molecule has 0 unspecified atom stereocenters. The number of hydrogen-bond donors (Lipinski definition) is 1. The fourth-order valence-corrected chi connectivity index (χ4v) is 3.33. The van der Waals surface area contributed by atoms with Crippen LogP contribution in [0, 0.1) is 6.92 Å². The van der Waals surface area contributed by atoms with Gasteiger partial charge in [-0.25, -0.2) is 4.98 Å². The quantitative estimate of drug-likeness (QED) is 0.416. The fraction of sp³-hybridized carbons (Fsp3) is 0.0870. The third kappa shape index (κ3) is 3.43. The first-order valence-corrected chi connectivity index (χ1v) is 8.81. The Bertz CT molecular complexity index is 1140. The van der Waals surface area contributed by atoms with Gasteiger partial charge in [-0.15, -0.1) is 0 Å². The third-order valence-corrected chi connectivity index (χ3v) is 4.66. The molecule has 140 valence electrons. The van der Waals surface area contributed by atoms with Crippen LogP contribution in [0.1, 0.15) is 11.1 Å². The molecule has 28 heavy (non-hydrogen) atoms. The van der Waals surface area contributed by atoms with Gasteiger partial charge in [0.2, 0.25) is 0 Å². The summed E-state index contributed by atoms with van der Waals surface area (Å²) in [5.41, 5.74) is 2.76. The van der Waals surface area contributed by atoms with Crippen molar-refractivity contribution in [1.29, 1.82) is 0 Å². The largest absolute Gasteiger partial charge is 0.416 e. The number of anilines is 2. The molecular formula is C23H17F3N2. The Kier molecular flexibility index (Phi) is 4.51. The number of rotatable bonds is 3. The van der Waals surface area contributed by atoms with E-state index >= 15 is 0 Å². The van der Waals surface area contributed by atoms with E-state index in [4.69, 9.17) is 0 Å². The summed E-state index contributed by atoms with van der Waals surface area (Å²) >= 11 is 0. The molecule has 5 heteroatoms. The number of pyridine rings is 1. The normalized spacial score (nSPS) is 11.6. The van der Waals surface area contributed by atoms with Gasteiger partial charge in [-0.2, -0.15) is 13.2 Å². The number of fused-ring (bicyclic) bond motifs is 1. The van der Waals surface area contributed by atoms with E-state index in [0.717, 1.165) is 39.6 Å². The summed E-state index contributed by atoms with van der Waals surface area (Å²) in [4.78, 5) is 4.52. The SMILES string of the molecule is Cc1cccc2c(Nc3cccc(C(F)(F)F)c3)ncc(-c3ccccc3)c12. The van der Waals surface area contributed by atoms with Crippen LogP contribution >= 0.6 is 0 Å². The molecular weight excluding hydrogens is 361 g/mol. The highest BCUT2D eigenvalue weighted by molar-refractivity contribution is 6.04. The van der Waals surface area contributed by atoms with E-state index in [-0.39, 0.29) is 0 Å². The van der Waals surface area contributed by atoms with Gasteiger partial charge in [0.25, 0.3) is 0 Å². The summed E-state index contributed by atoms with van der Waals surface area (Å²) in [6, 6.07) is 20.9. The molecule has 0 aliphatic heterocycles. The number of aromatic nitrogens is 1. The van der Waals surface area contributed by atoms with Gasteiger partial charge in [0.15, 0.2) is 0 Å². The van der Waals surface area contributed by atoms with Gasteiger partial charge < -0.3 is 5.32 Å². The van der Waals surface area contributed by atoms with Gasteiger partial charge in [0.05, 0.1) is 5.56 Å². The molecule has 1 N–H and O–H groups in total. The highest BCUT2D eigenvalue weighted by Crippen LogP contribution is 2.36. The van der Waals surface area contributed by atoms with Crippen LogP contribution in [-0.2, 0) is 6.18 Å². The van der Waals surface area contributed by atoms with E-state index in [1.54, 1.807) is 12.3 Å². The van der Waals surface area contributed by atoms with Crippen molar-refractivity contribution in [3.63, 3.8) is 0 Å². The lowest BCUT2D eigenvalue weighted by molar-refractivity contribution is -0.137. The van der Waals surface area contributed by atoms with Crippen molar-refractivity contribution in [3.05, 3.63) is 90.1 Å². The smallest absolute Gasteiger partial charge is 0.340 e. The number of nitrogens with zero attached hydrogens (tertiary/aromatic N) is 1. The van der Waals surface area contributed by atoms with Crippen LogP contribution in [0.25, 0.3) is 21.9 Å². The predicted molar refractivity (Wildman–Crippen MR) is 107 cm³/mol. The number of alkyl halides is 3. The average molecular weight is 378 g/mol. The number of benzene rings is 3. The molecule has 0 saturated carbocycles. The highest BCUT2D eigenvalue weighted by Gasteiger charge is 2.30. The molecule has 0 aliphatic rings. The van der Waals surface area contributed by atoms with Crippen LogP contribution in [0.4, 0.5) is 24.7 Å². The van der Waals surface area contributed by atoms with Gasteiger partial charge in [-0.3, -0.25) is 0 Å². The fourth-order valence-electron chi connectivity index (χ4n) is 3.33. The first-order valence-electron chi connectivity index (χ1n) is 8.81. The summed E-state index contributed by atoms with van der Waals surface area (Å²) in [6.45, 7) is 2.02. The second kappa shape index (κ2) is 7.00. The van der Waals surface area contributed by atoms with Gasteiger partial charge in [-0.05, 0) is 41.6 Å². The van der Waals surface area contributed by atoms with Crippen LogP contribution in [0.3, 0.4) is 0 Å². The van der Waals surface area contributed by atoms with Crippen molar-refractivity contribution < 1.29 is 13.2 Å². The molecule has 2 nitrogen and oxygen atoms in total. The van der Waals surface area contributed by atoms with Crippen LogP contribution < -0.4 is 5.32 Å². The maximum atomic E-state index is 13.0. The summed E-state index contributed by atoms with van der Waals surface area (Å²) in [6.07, 6.45) is -2.62. The standard InChI is InChI=1S/C23H17F3N2/c1-15-7-5-12-19-21(15)20(16-8-3-2-4-9-16)14-27-22(19)28-18-11-6-10-17(13-18)23(24,25)26/h2-14H,1H3,(H,27,28). The first-order chi connectivity index (χ1) is 13.4. The van der Waals surface area contributed by atoms with Gasteiger partial charge >= 0.3 is 6.18 Å². The van der Waals surface area contributed by atoms with E-state index in [1.165, 1.54) is 6.07 Å². The zero-order valence-corrected chi connectivity index (χ0v) is 15.1. The molecule has 0 aliphatic carbocycles. The molecule has 4 rings (SSSR count). The third-order valence-electron chi connectivity index (χ3n) is 4.66. The lowest BCUT2D eigenvalue weighted by Crippen LogP contribution is -2.05. The van der Waals surface area contributed by atoms with Crippen molar-refractivity contribution >= 4 is 22.3 Å². The number of halogens is 3. The van der Waals surface area contributed by atoms with E-state index in [2.05, 4.69) is 10.3 Å². The zero-order chi connectivity index (χ0) is 19.7. The zero-order valence-electron chi connectivity index (χ0n) is 15.1. The Morgan fingerprint density at radius 1 is 0.857 bits per heavy atom. The molecule has 0 amide bonds. The van der Waals surface area contributed by atoms with E-state index in [1.807, 2.05) is 55.5 Å². The lowest BCUT2D eigenvalue weighted by atomic mass is 9.97. The van der Waals surface area contributed by atoms with Gasteiger partial charge in [0.1, 0.15) is 5.82 Å². The molecule has 0 bridgehead atoms. The molecule has 1 heterocycles. The van der Waals surface area contributed by atoms with E-state index in [9.17, 15) is 13.2 Å². The van der Waals surface area contributed by atoms with E-state index < -0.39 is 11.7 Å². The maximum Gasteiger partial charge on any atom is 0.416 e. The molecule has 0 fully saturated rings. The minimum Gasteiger partial charge on any atom is -0.340 e. The Balaban J connectivity index is 1.83. The monoisotopic (exact) mass is 378 g/mol. The van der Waals surface area contributed by atoms with Crippen molar-refractivity contribution in [1.82, 2.24) is 4.98 Å². The minimum absolute atomic E-state index is 0.345. The van der Waals surface area contributed by atoms with Crippen molar-refractivity contribution in [2.45, 2.75) is 13.1 Å². The summed E-state index contributed by atoms with van der Waals surface area (Å²) in [7, 11) is 0. The molecule has 1 aromatic heterocycles. The molecule has 0 saturated heterocycles. The predicted octanol–water partition coefficient (Wildman–Crippen LogP) is 6.97. The highest BCUT2D eigenvalue weighted by atomic mass is 19.4. The first kappa shape index (κ1) is 18.0. The maximum absolute atomic E-state index is 13.0. The van der Waals surface area contributed by atoms with Crippen LogP contribution in [0.2, 0.25) is 0 Å². The second-order valence-corrected chi connectivity index (χ2v) is 6.59. The topological polar surface area (TPSA) is 24.9 Å². The van der Waals surface area contributed by atoms with Crippen LogP contribution in [0.5, 0.6) is 0 Å². The summed E-state index contributed by atoms with van der Waals surface area (Å²) in [5.74, 6) is 0.526. The van der Waals surface area contributed by atoms with Crippen molar-refractivity contribution in [2.24, 2.45) is 0 Å². The Morgan fingerprint density at radius 2 is 1.61 bits per heavy atom. The molecule has 4 aromatic rings. The Hall–Kier alpha value is -3.34. The van der Waals surface area contributed by atoms with Crippen LogP contribution in [0.15, 0.2) is 79.0 Å². The number of hydrogen-bond acceptors (Lipinski definition) is 2. The number of aryl methyl sites for hydroxylation is 1. The Labute approximate surface area is 160 Å². The number of nitrogens with one attached hydrogen (secondary N) is 1. The Morgan fingerprint density at radius 3 is 2.36 bits per heavy atom. The summed E-state index contributed by atoms with van der Waals surface area (Å²) in [5, 5.41) is 4.94.